The Kier molecular flexibility index (Phi) is 3.96. The number of halogens is 1. The van der Waals surface area contributed by atoms with Crippen LogP contribution in [0.4, 0.5) is 10.5 Å². The Bertz CT molecular complexity index is 366. The predicted molar refractivity (Wildman–Crippen MR) is 63.4 cm³/mol. The number of hydrogen-bond donors (Lipinski definition) is 1. The number of nitrogens with one attached hydrogen (secondary N) is 1. The number of anilines is 1. The minimum atomic E-state index is -0.167. The van der Waals surface area contributed by atoms with Gasteiger partial charge in [-0.05, 0) is 28.1 Å². The topological polar surface area (TPSA) is 41.6 Å². The van der Waals surface area contributed by atoms with Gasteiger partial charge in [-0.3, -0.25) is 0 Å². The maximum atomic E-state index is 11.4. The predicted octanol–water partition coefficient (Wildman–Crippen LogP) is 2.55. The molecule has 0 aliphatic rings. The van der Waals surface area contributed by atoms with E-state index in [1.165, 1.54) is 4.90 Å². The third-order valence-corrected chi connectivity index (χ3v) is 2.46. The molecule has 2 amide bonds. The largest absolute Gasteiger partial charge is 0.495 e. The summed E-state index contributed by atoms with van der Waals surface area (Å²) in [5.74, 6) is 0.687. The molecule has 0 atom stereocenters. The SMILES string of the molecule is COc1cc(NC(=O)N(C)C)ccc1Br. The fraction of sp³-hybridized carbons (Fsp3) is 0.300. The highest BCUT2D eigenvalue weighted by Crippen LogP contribution is 2.27. The Morgan fingerprint density at radius 2 is 2.13 bits per heavy atom. The minimum absolute atomic E-state index is 0.167. The lowest BCUT2D eigenvalue weighted by atomic mass is 10.3. The monoisotopic (exact) mass is 272 g/mol. The molecule has 4 nitrogen and oxygen atoms in total. The second-order valence-electron chi connectivity index (χ2n) is 3.17. The molecule has 0 aliphatic heterocycles. The molecule has 0 heterocycles. The Labute approximate surface area is 97.3 Å². The highest BCUT2D eigenvalue weighted by molar-refractivity contribution is 9.10. The van der Waals surface area contributed by atoms with E-state index in [4.69, 9.17) is 4.74 Å². The van der Waals surface area contributed by atoms with E-state index in [1.54, 1.807) is 33.3 Å². The number of amides is 2. The van der Waals surface area contributed by atoms with Crippen molar-refractivity contribution < 1.29 is 9.53 Å². The van der Waals surface area contributed by atoms with Gasteiger partial charge in [0, 0.05) is 25.8 Å². The smallest absolute Gasteiger partial charge is 0.321 e. The van der Waals surface area contributed by atoms with Crippen LogP contribution in [0.2, 0.25) is 0 Å². The zero-order valence-corrected chi connectivity index (χ0v) is 10.5. The summed E-state index contributed by atoms with van der Waals surface area (Å²) in [6.45, 7) is 0. The van der Waals surface area contributed by atoms with E-state index in [2.05, 4.69) is 21.2 Å². The molecule has 1 rings (SSSR count). The molecular weight excluding hydrogens is 260 g/mol. The van der Waals surface area contributed by atoms with Gasteiger partial charge in [-0.25, -0.2) is 4.79 Å². The van der Waals surface area contributed by atoms with Gasteiger partial charge in [0.1, 0.15) is 5.75 Å². The second kappa shape index (κ2) is 5.02. The maximum Gasteiger partial charge on any atom is 0.321 e. The highest BCUT2D eigenvalue weighted by Gasteiger charge is 2.06. The first-order valence-electron chi connectivity index (χ1n) is 4.36. The van der Waals surface area contributed by atoms with Crippen LogP contribution in [-0.4, -0.2) is 32.1 Å². The Morgan fingerprint density at radius 3 is 2.67 bits per heavy atom. The maximum absolute atomic E-state index is 11.4. The first-order valence-corrected chi connectivity index (χ1v) is 5.15. The number of hydrogen-bond acceptors (Lipinski definition) is 2. The van der Waals surface area contributed by atoms with E-state index in [0.29, 0.717) is 11.4 Å². The van der Waals surface area contributed by atoms with Gasteiger partial charge in [0.15, 0.2) is 0 Å². The van der Waals surface area contributed by atoms with Crippen LogP contribution in [0.15, 0.2) is 22.7 Å². The number of urea groups is 1. The highest BCUT2D eigenvalue weighted by atomic mass is 79.9. The first kappa shape index (κ1) is 11.8. The van der Waals surface area contributed by atoms with Crippen molar-refractivity contribution in [2.24, 2.45) is 0 Å². The Balaban J connectivity index is 2.83. The number of methoxy groups -OCH3 is 1. The van der Waals surface area contributed by atoms with Gasteiger partial charge < -0.3 is 15.0 Å². The molecule has 0 saturated carbocycles. The zero-order valence-electron chi connectivity index (χ0n) is 8.87. The quantitative estimate of drug-likeness (QED) is 0.899. The number of carbonyl (C=O) groups is 1. The average molecular weight is 273 g/mol. The van der Waals surface area contributed by atoms with E-state index in [9.17, 15) is 4.79 Å². The second-order valence-corrected chi connectivity index (χ2v) is 4.03. The molecule has 0 spiro atoms. The summed E-state index contributed by atoms with van der Waals surface area (Å²) in [5, 5.41) is 2.73. The third kappa shape index (κ3) is 3.13. The lowest BCUT2D eigenvalue weighted by Gasteiger charge is -2.13. The van der Waals surface area contributed by atoms with Gasteiger partial charge in [0.2, 0.25) is 0 Å². The van der Waals surface area contributed by atoms with Crippen molar-refractivity contribution in [1.82, 2.24) is 4.90 Å². The van der Waals surface area contributed by atoms with E-state index < -0.39 is 0 Å². The van der Waals surface area contributed by atoms with Crippen molar-refractivity contribution >= 4 is 27.6 Å². The van der Waals surface area contributed by atoms with Crippen LogP contribution in [0.1, 0.15) is 0 Å². The average Bonchev–Trinajstić information content (AvgIpc) is 2.20. The first-order chi connectivity index (χ1) is 7.04. The molecule has 0 radical (unpaired) electrons. The van der Waals surface area contributed by atoms with E-state index in [-0.39, 0.29) is 6.03 Å². The molecule has 1 aromatic carbocycles. The summed E-state index contributed by atoms with van der Waals surface area (Å²) in [6, 6.07) is 5.21. The number of rotatable bonds is 2. The molecule has 0 saturated heterocycles. The third-order valence-electron chi connectivity index (χ3n) is 1.81. The van der Waals surface area contributed by atoms with Crippen LogP contribution in [0, 0.1) is 0 Å². The van der Waals surface area contributed by atoms with E-state index >= 15 is 0 Å². The standard InChI is InChI=1S/C10H13BrN2O2/c1-13(2)10(14)12-7-4-5-8(11)9(6-7)15-3/h4-6H,1-3H3,(H,12,14). The molecule has 0 bridgehead atoms. The van der Waals surface area contributed by atoms with Gasteiger partial charge in [0.05, 0.1) is 11.6 Å². The molecule has 5 heteroatoms. The summed E-state index contributed by atoms with van der Waals surface area (Å²) in [4.78, 5) is 12.8. The Hall–Kier alpha value is -1.23. The number of carbonyl (C=O) groups excluding carboxylic acids is 1. The molecule has 0 aliphatic carbocycles. The molecule has 1 N–H and O–H groups in total. The molecule has 15 heavy (non-hydrogen) atoms. The Morgan fingerprint density at radius 1 is 1.47 bits per heavy atom. The molecular formula is C10H13BrN2O2. The van der Waals surface area contributed by atoms with E-state index in [0.717, 1.165) is 4.47 Å². The van der Waals surface area contributed by atoms with Crippen molar-refractivity contribution in [1.29, 1.82) is 0 Å². The minimum Gasteiger partial charge on any atom is -0.495 e. The van der Waals surface area contributed by atoms with Gasteiger partial charge in [-0.1, -0.05) is 0 Å². The molecule has 0 fully saturated rings. The van der Waals surface area contributed by atoms with Crippen molar-refractivity contribution in [3.63, 3.8) is 0 Å². The van der Waals surface area contributed by atoms with Crippen LogP contribution >= 0.6 is 15.9 Å². The van der Waals surface area contributed by atoms with Gasteiger partial charge in [-0.15, -0.1) is 0 Å². The lowest BCUT2D eigenvalue weighted by Crippen LogP contribution is -2.27. The van der Waals surface area contributed by atoms with Crippen LogP contribution in [-0.2, 0) is 0 Å². The fourth-order valence-electron chi connectivity index (χ4n) is 0.973. The van der Waals surface area contributed by atoms with Crippen molar-refractivity contribution in [3.05, 3.63) is 22.7 Å². The summed E-state index contributed by atoms with van der Waals surface area (Å²) < 4.78 is 5.97. The van der Waals surface area contributed by atoms with Crippen molar-refractivity contribution in [3.8, 4) is 5.75 Å². The molecule has 0 aromatic heterocycles. The van der Waals surface area contributed by atoms with Crippen LogP contribution in [0.25, 0.3) is 0 Å². The fourth-order valence-corrected chi connectivity index (χ4v) is 1.38. The van der Waals surface area contributed by atoms with Crippen LogP contribution in [0.5, 0.6) is 5.75 Å². The summed E-state index contributed by atoms with van der Waals surface area (Å²) >= 11 is 3.34. The van der Waals surface area contributed by atoms with Crippen molar-refractivity contribution in [2.45, 2.75) is 0 Å². The normalized spacial score (nSPS) is 9.60. The number of nitrogens with zero attached hydrogens (tertiary/aromatic N) is 1. The van der Waals surface area contributed by atoms with E-state index in [1.807, 2.05) is 6.07 Å². The van der Waals surface area contributed by atoms with Crippen LogP contribution in [0.3, 0.4) is 0 Å². The summed E-state index contributed by atoms with van der Waals surface area (Å²) in [7, 11) is 4.95. The molecule has 0 unspecified atom stereocenters. The number of benzene rings is 1. The van der Waals surface area contributed by atoms with Gasteiger partial charge >= 0.3 is 6.03 Å². The number of ether oxygens (including phenoxy) is 1. The molecule has 1 aromatic rings. The zero-order chi connectivity index (χ0) is 11.4. The van der Waals surface area contributed by atoms with Gasteiger partial charge in [-0.2, -0.15) is 0 Å². The lowest BCUT2D eigenvalue weighted by molar-refractivity contribution is 0.230. The molecule has 82 valence electrons. The summed E-state index contributed by atoms with van der Waals surface area (Å²) in [6.07, 6.45) is 0. The van der Waals surface area contributed by atoms with Crippen molar-refractivity contribution in [2.75, 3.05) is 26.5 Å². The van der Waals surface area contributed by atoms with Crippen LogP contribution < -0.4 is 10.1 Å². The summed E-state index contributed by atoms with van der Waals surface area (Å²) in [5.41, 5.74) is 0.703. The van der Waals surface area contributed by atoms with Gasteiger partial charge in [0.25, 0.3) is 0 Å².